The maximum atomic E-state index is 11.8. The van der Waals surface area contributed by atoms with E-state index in [4.69, 9.17) is 16.3 Å². The van der Waals surface area contributed by atoms with Crippen molar-refractivity contribution in [1.29, 1.82) is 0 Å². The highest BCUT2D eigenvalue weighted by atomic mass is 35.5. The Kier molecular flexibility index (Phi) is 3.16. The maximum absolute atomic E-state index is 11.8. The van der Waals surface area contributed by atoms with E-state index in [0.29, 0.717) is 22.2 Å². The van der Waals surface area contributed by atoms with Crippen LogP contribution in [0.5, 0.6) is 0 Å². The van der Waals surface area contributed by atoms with Gasteiger partial charge in [-0.15, -0.1) is 0 Å². The van der Waals surface area contributed by atoms with E-state index in [-0.39, 0.29) is 0 Å². The van der Waals surface area contributed by atoms with Gasteiger partial charge in [-0.25, -0.2) is 9.78 Å². The molecule has 2 aromatic rings. The van der Waals surface area contributed by atoms with Crippen molar-refractivity contribution in [2.45, 2.75) is 6.42 Å². The molecule has 19 heavy (non-hydrogen) atoms. The molecule has 0 unspecified atom stereocenters. The summed E-state index contributed by atoms with van der Waals surface area (Å²) in [4.78, 5) is 16.2. The number of fused-ring (bicyclic) bond motifs is 1. The molecule has 3 heterocycles. The van der Waals surface area contributed by atoms with E-state index >= 15 is 0 Å². The van der Waals surface area contributed by atoms with Gasteiger partial charge in [-0.3, -0.25) is 0 Å². The van der Waals surface area contributed by atoms with Crippen LogP contribution in [0.4, 0.5) is 0 Å². The number of halogens is 1. The highest BCUT2D eigenvalue weighted by Gasteiger charge is 2.23. The molecule has 5 nitrogen and oxygen atoms in total. The molecule has 0 amide bonds. The summed E-state index contributed by atoms with van der Waals surface area (Å²) >= 11 is 5.99. The van der Waals surface area contributed by atoms with Crippen LogP contribution in [0, 0.1) is 5.92 Å². The van der Waals surface area contributed by atoms with E-state index in [1.807, 2.05) is 10.6 Å². The second-order valence-electron chi connectivity index (χ2n) is 4.70. The molecule has 1 aliphatic rings. The fourth-order valence-electron chi connectivity index (χ4n) is 2.26. The number of rotatable bonds is 3. The number of esters is 1. The summed E-state index contributed by atoms with van der Waals surface area (Å²) in [5.74, 6) is 1.02. The lowest BCUT2D eigenvalue weighted by Crippen LogP contribution is -2.43. The number of carbonyl (C=O) groups is 1. The predicted molar refractivity (Wildman–Crippen MR) is 71.6 cm³/mol. The predicted octanol–water partition coefficient (Wildman–Crippen LogP) is 1.54. The van der Waals surface area contributed by atoms with Crippen LogP contribution in [-0.4, -0.2) is 35.6 Å². The zero-order chi connectivity index (χ0) is 13.4. The maximum Gasteiger partial charge on any atom is 0.358 e. The largest absolute Gasteiger partial charge is 0.464 e. The first kappa shape index (κ1) is 12.4. The highest BCUT2D eigenvalue weighted by Crippen LogP contribution is 2.21. The Balaban J connectivity index is 2.08. The van der Waals surface area contributed by atoms with Gasteiger partial charge in [-0.2, -0.15) is 0 Å². The van der Waals surface area contributed by atoms with Crippen LogP contribution < -0.4 is 5.32 Å². The van der Waals surface area contributed by atoms with Gasteiger partial charge in [0.25, 0.3) is 0 Å². The van der Waals surface area contributed by atoms with Crippen molar-refractivity contribution in [2.75, 3.05) is 20.2 Å². The van der Waals surface area contributed by atoms with Gasteiger partial charge in [0.15, 0.2) is 5.69 Å². The second kappa shape index (κ2) is 4.83. The summed E-state index contributed by atoms with van der Waals surface area (Å²) < 4.78 is 6.69. The quantitative estimate of drug-likeness (QED) is 0.866. The van der Waals surface area contributed by atoms with Crippen molar-refractivity contribution >= 4 is 23.1 Å². The van der Waals surface area contributed by atoms with E-state index in [9.17, 15) is 4.79 Å². The van der Waals surface area contributed by atoms with Crippen molar-refractivity contribution in [2.24, 2.45) is 5.92 Å². The average Bonchev–Trinajstić information content (AvgIpc) is 2.71. The second-order valence-corrected chi connectivity index (χ2v) is 5.13. The molecule has 0 bridgehead atoms. The van der Waals surface area contributed by atoms with Gasteiger partial charge in [0.05, 0.1) is 12.6 Å². The number of nitrogens with one attached hydrogen (secondary N) is 1. The Hall–Kier alpha value is -1.59. The van der Waals surface area contributed by atoms with Gasteiger partial charge in [0, 0.05) is 17.6 Å². The molecule has 1 saturated heterocycles. The van der Waals surface area contributed by atoms with E-state index in [2.05, 4.69) is 10.3 Å². The molecule has 0 aromatic carbocycles. The number of ether oxygens (including phenoxy) is 1. The summed E-state index contributed by atoms with van der Waals surface area (Å²) in [6.07, 6.45) is 2.69. The van der Waals surface area contributed by atoms with Crippen molar-refractivity contribution in [3.05, 3.63) is 34.9 Å². The third-order valence-electron chi connectivity index (χ3n) is 3.39. The molecule has 0 spiro atoms. The summed E-state index contributed by atoms with van der Waals surface area (Å²) in [6, 6.07) is 3.53. The number of imidazole rings is 1. The van der Waals surface area contributed by atoms with Crippen LogP contribution >= 0.6 is 11.6 Å². The van der Waals surface area contributed by atoms with Crippen molar-refractivity contribution in [3.8, 4) is 0 Å². The van der Waals surface area contributed by atoms with Crippen LogP contribution in [0.15, 0.2) is 18.3 Å². The zero-order valence-electron chi connectivity index (χ0n) is 10.5. The smallest absolute Gasteiger partial charge is 0.358 e. The molecule has 0 saturated carbocycles. The molecule has 2 aromatic heterocycles. The summed E-state index contributed by atoms with van der Waals surface area (Å²) in [6.45, 7) is 1.99. The number of hydrogen-bond donors (Lipinski definition) is 1. The number of aromatic nitrogens is 2. The fourth-order valence-corrected chi connectivity index (χ4v) is 2.42. The fraction of sp³-hybridized carbons (Fsp3) is 0.385. The molecule has 1 aliphatic heterocycles. The minimum Gasteiger partial charge on any atom is -0.464 e. The van der Waals surface area contributed by atoms with Gasteiger partial charge in [-0.1, -0.05) is 11.6 Å². The highest BCUT2D eigenvalue weighted by molar-refractivity contribution is 6.31. The van der Waals surface area contributed by atoms with Gasteiger partial charge >= 0.3 is 5.97 Å². The number of carbonyl (C=O) groups excluding carboxylic acids is 1. The number of pyridine rings is 1. The number of hydrogen-bond acceptors (Lipinski definition) is 4. The van der Waals surface area contributed by atoms with Crippen LogP contribution in [-0.2, 0) is 11.2 Å². The van der Waals surface area contributed by atoms with E-state index < -0.39 is 5.97 Å². The molecule has 3 rings (SSSR count). The Morgan fingerprint density at radius 3 is 3.05 bits per heavy atom. The van der Waals surface area contributed by atoms with Crippen LogP contribution in [0.25, 0.3) is 5.52 Å². The van der Waals surface area contributed by atoms with Crippen LogP contribution in [0.2, 0.25) is 5.02 Å². The Bertz CT molecular complexity index is 634. The van der Waals surface area contributed by atoms with Gasteiger partial charge in [0.1, 0.15) is 5.82 Å². The molecule has 0 atom stereocenters. The lowest BCUT2D eigenvalue weighted by Gasteiger charge is -2.26. The number of methoxy groups -OCH3 is 1. The van der Waals surface area contributed by atoms with Crippen molar-refractivity contribution in [3.63, 3.8) is 0 Å². The summed E-state index contributed by atoms with van der Waals surface area (Å²) in [5, 5.41) is 3.81. The lowest BCUT2D eigenvalue weighted by molar-refractivity contribution is 0.0596. The SMILES string of the molecule is COC(=O)c1nc(CC2CNC2)n2ccc(Cl)cc12. The first-order chi connectivity index (χ1) is 9.19. The molecule has 0 radical (unpaired) electrons. The topological polar surface area (TPSA) is 55.6 Å². The van der Waals surface area contributed by atoms with Gasteiger partial charge < -0.3 is 14.5 Å². The monoisotopic (exact) mass is 279 g/mol. The molecule has 0 aliphatic carbocycles. The first-order valence-corrected chi connectivity index (χ1v) is 6.52. The molecule has 6 heteroatoms. The Morgan fingerprint density at radius 2 is 2.42 bits per heavy atom. The Morgan fingerprint density at radius 1 is 1.63 bits per heavy atom. The molecular formula is C13H14ClN3O2. The summed E-state index contributed by atoms with van der Waals surface area (Å²) in [5.41, 5.74) is 1.02. The normalized spacial score (nSPS) is 15.5. The third-order valence-corrected chi connectivity index (χ3v) is 3.63. The summed E-state index contributed by atoms with van der Waals surface area (Å²) in [7, 11) is 1.35. The standard InChI is InChI=1S/C13H14ClN3O2/c1-19-13(18)12-10-5-9(14)2-3-17(10)11(16-12)4-8-6-15-7-8/h2-3,5,8,15H,4,6-7H2,1H3. The van der Waals surface area contributed by atoms with E-state index in [1.54, 1.807) is 12.1 Å². The lowest BCUT2D eigenvalue weighted by atomic mass is 9.99. The number of nitrogens with zero attached hydrogens (tertiary/aromatic N) is 2. The third kappa shape index (κ3) is 2.19. The van der Waals surface area contributed by atoms with Gasteiger partial charge in [-0.05, 0) is 31.1 Å². The van der Waals surface area contributed by atoms with Crippen molar-refractivity contribution < 1.29 is 9.53 Å². The molecule has 100 valence electrons. The van der Waals surface area contributed by atoms with E-state index in [1.165, 1.54) is 7.11 Å². The minimum absolute atomic E-state index is 0.326. The molecule has 1 fully saturated rings. The van der Waals surface area contributed by atoms with Gasteiger partial charge in [0.2, 0.25) is 0 Å². The molecular weight excluding hydrogens is 266 g/mol. The van der Waals surface area contributed by atoms with Crippen molar-refractivity contribution in [1.82, 2.24) is 14.7 Å². The molecule has 1 N–H and O–H groups in total. The Labute approximate surface area is 115 Å². The van der Waals surface area contributed by atoms with Crippen LogP contribution in [0.3, 0.4) is 0 Å². The van der Waals surface area contributed by atoms with Crippen LogP contribution in [0.1, 0.15) is 16.3 Å². The minimum atomic E-state index is -0.433. The average molecular weight is 280 g/mol. The van der Waals surface area contributed by atoms with E-state index in [0.717, 1.165) is 25.3 Å². The zero-order valence-corrected chi connectivity index (χ0v) is 11.3. The first-order valence-electron chi connectivity index (χ1n) is 6.14.